The lowest BCUT2D eigenvalue weighted by Gasteiger charge is -2.39. The van der Waals surface area contributed by atoms with Crippen molar-refractivity contribution in [1.29, 1.82) is 0 Å². The first-order valence-corrected chi connectivity index (χ1v) is 9.11. The highest BCUT2D eigenvalue weighted by Crippen LogP contribution is 2.22. The molecule has 0 aromatic heterocycles. The molecule has 0 spiro atoms. The molecule has 1 fully saturated rings. The number of hydrogen-bond donors (Lipinski definition) is 4. The highest BCUT2D eigenvalue weighted by Gasteiger charge is 2.44. The van der Waals surface area contributed by atoms with Crippen molar-refractivity contribution >= 4 is 11.9 Å². The fraction of sp³-hybridized carbons (Fsp3) is 0.882. The van der Waals surface area contributed by atoms with E-state index in [9.17, 15) is 30.0 Å². The predicted molar refractivity (Wildman–Crippen MR) is 90.4 cm³/mol. The smallest absolute Gasteiger partial charge is 0.306 e. The Labute approximate surface area is 158 Å². The largest absolute Gasteiger partial charge is 0.462 e. The molecule has 10 heteroatoms. The maximum Gasteiger partial charge on any atom is 0.306 e. The van der Waals surface area contributed by atoms with Crippen LogP contribution >= 0.6 is 0 Å². The van der Waals surface area contributed by atoms with Gasteiger partial charge in [0, 0.05) is 12.8 Å². The van der Waals surface area contributed by atoms with Crippen LogP contribution in [0.5, 0.6) is 0 Å². The molecule has 1 aliphatic rings. The summed E-state index contributed by atoms with van der Waals surface area (Å²) >= 11 is 0. The van der Waals surface area contributed by atoms with Crippen LogP contribution in [0.25, 0.3) is 0 Å². The zero-order valence-electron chi connectivity index (χ0n) is 15.7. The van der Waals surface area contributed by atoms with Crippen LogP contribution < -0.4 is 0 Å². The lowest BCUT2D eigenvalue weighted by Crippen LogP contribution is -2.59. The summed E-state index contributed by atoms with van der Waals surface area (Å²) < 4.78 is 20.8. The number of carbonyl (C=O) groups is 2. The zero-order chi connectivity index (χ0) is 20.4. The molecule has 0 aromatic rings. The van der Waals surface area contributed by atoms with Gasteiger partial charge in [-0.25, -0.2) is 0 Å². The summed E-state index contributed by atoms with van der Waals surface area (Å²) in [4.78, 5) is 23.2. The van der Waals surface area contributed by atoms with Crippen molar-refractivity contribution in [3.8, 4) is 0 Å². The summed E-state index contributed by atoms with van der Waals surface area (Å²) in [5, 5.41) is 38.6. The van der Waals surface area contributed by atoms with Crippen molar-refractivity contribution in [2.45, 2.75) is 76.3 Å². The van der Waals surface area contributed by atoms with E-state index in [0.29, 0.717) is 12.8 Å². The Morgan fingerprint density at radius 3 is 2.19 bits per heavy atom. The first-order chi connectivity index (χ1) is 12.8. The number of rotatable bonds is 11. The van der Waals surface area contributed by atoms with Gasteiger partial charge in [-0.15, -0.1) is 0 Å². The number of carbonyl (C=O) groups excluding carboxylic acids is 2. The second-order valence-electron chi connectivity index (χ2n) is 6.33. The molecule has 0 radical (unpaired) electrons. The van der Waals surface area contributed by atoms with Crippen LogP contribution in [0.15, 0.2) is 0 Å². The lowest BCUT2D eigenvalue weighted by molar-refractivity contribution is -0.305. The molecule has 1 heterocycles. The van der Waals surface area contributed by atoms with Gasteiger partial charge in [0.15, 0.2) is 12.4 Å². The average Bonchev–Trinajstić information content (AvgIpc) is 2.63. The molecule has 1 aliphatic heterocycles. The quantitative estimate of drug-likeness (QED) is 0.316. The molecule has 1 rings (SSSR count). The van der Waals surface area contributed by atoms with Gasteiger partial charge in [0.2, 0.25) is 0 Å². The van der Waals surface area contributed by atoms with Crippen molar-refractivity contribution in [3.63, 3.8) is 0 Å². The Morgan fingerprint density at radius 2 is 1.59 bits per heavy atom. The summed E-state index contributed by atoms with van der Waals surface area (Å²) in [5.41, 5.74) is 0. The predicted octanol–water partition coefficient (Wildman–Crippen LogP) is -1.14. The van der Waals surface area contributed by atoms with Gasteiger partial charge in [-0.05, 0) is 12.8 Å². The second kappa shape index (κ2) is 12.2. The summed E-state index contributed by atoms with van der Waals surface area (Å²) in [5.74, 6) is -0.937. The van der Waals surface area contributed by atoms with Gasteiger partial charge in [-0.3, -0.25) is 9.59 Å². The van der Waals surface area contributed by atoms with E-state index in [1.165, 1.54) is 0 Å². The Hall–Kier alpha value is -1.30. The Balaban J connectivity index is 2.64. The van der Waals surface area contributed by atoms with E-state index in [1.54, 1.807) is 0 Å². The minimum Gasteiger partial charge on any atom is -0.462 e. The third kappa shape index (κ3) is 7.68. The number of aliphatic hydroxyl groups excluding tert-OH is 4. The summed E-state index contributed by atoms with van der Waals surface area (Å²) in [6.45, 7) is 2.53. The van der Waals surface area contributed by atoms with E-state index in [2.05, 4.69) is 0 Å². The number of esters is 2. The van der Waals surface area contributed by atoms with Crippen LogP contribution in [0, 0.1) is 0 Å². The van der Waals surface area contributed by atoms with Crippen molar-refractivity contribution in [2.24, 2.45) is 0 Å². The van der Waals surface area contributed by atoms with E-state index >= 15 is 0 Å². The zero-order valence-corrected chi connectivity index (χ0v) is 15.7. The number of ether oxygens (including phenoxy) is 4. The number of hydrogen-bond acceptors (Lipinski definition) is 10. The molecule has 10 nitrogen and oxygen atoms in total. The Morgan fingerprint density at radius 1 is 0.963 bits per heavy atom. The minimum atomic E-state index is -1.58. The molecule has 0 saturated carbocycles. The second-order valence-corrected chi connectivity index (χ2v) is 6.33. The van der Waals surface area contributed by atoms with E-state index < -0.39 is 55.4 Å². The standard InChI is InChI=1S/C17H30O10/c1-3-5-12(19)24-8-10(26-13(20)6-4-2)9-25-17-16(23)15(22)14(21)11(7-18)27-17/h10-11,14-18,21-23H,3-9H2,1-2H3. The summed E-state index contributed by atoms with van der Waals surface area (Å²) in [6.07, 6.45) is -6.47. The maximum absolute atomic E-state index is 11.7. The monoisotopic (exact) mass is 394 g/mol. The molecule has 6 unspecified atom stereocenters. The highest BCUT2D eigenvalue weighted by atomic mass is 16.7. The number of aliphatic hydroxyl groups is 4. The van der Waals surface area contributed by atoms with Gasteiger partial charge in [-0.1, -0.05) is 13.8 Å². The molecule has 0 amide bonds. The van der Waals surface area contributed by atoms with Crippen LogP contribution in [-0.2, 0) is 28.5 Å². The van der Waals surface area contributed by atoms with Crippen LogP contribution in [0.4, 0.5) is 0 Å². The van der Waals surface area contributed by atoms with Gasteiger partial charge < -0.3 is 39.4 Å². The molecule has 1 saturated heterocycles. The van der Waals surface area contributed by atoms with Gasteiger partial charge in [-0.2, -0.15) is 0 Å². The molecule has 27 heavy (non-hydrogen) atoms. The SMILES string of the molecule is CCCC(=O)OCC(COC1OC(CO)C(O)C(O)C1O)OC(=O)CCC. The van der Waals surface area contributed by atoms with Gasteiger partial charge in [0.1, 0.15) is 31.0 Å². The summed E-state index contributed by atoms with van der Waals surface area (Å²) in [7, 11) is 0. The Bertz CT molecular complexity index is 455. The highest BCUT2D eigenvalue weighted by molar-refractivity contribution is 5.70. The normalized spacial score (nSPS) is 29.2. The van der Waals surface area contributed by atoms with E-state index in [4.69, 9.17) is 18.9 Å². The molecular formula is C17H30O10. The molecule has 0 bridgehead atoms. The van der Waals surface area contributed by atoms with Gasteiger partial charge >= 0.3 is 11.9 Å². The fourth-order valence-corrected chi connectivity index (χ4v) is 2.43. The van der Waals surface area contributed by atoms with Crippen molar-refractivity contribution in [3.05, 3.63) is 0 Å². The van der Waals surface area contributed by atoms with Crippen LogP contribution in [-0.4, -0.2) is 89.0 Å². The van der Waals surface area contributed by atoms with E-state index in [0.717, 1.165) is 0 Å². The maximum atomic E-state index is 11.7. The fourth-order valence-electron chi connectivity index (χ4n) is 2.43. The van der Waals surface area contributed by atoms with Crippen molar-refractivity contribution in [1.82, 2.24) is 0 Å². The van der Waals surface area contributed by atoms with Crippen LogP contribution in [0.1, 0.15) is 39.5 Å². The average molecular weight is 394 g/mol. The van der Waals surface area contributed by atoms with Crippen molar-refractivity contribution < 1.29 is 49.0 Å². The topological polar surface area (TPSA) is 152 Å². The summed E-state index contributed by atoms with van der Waals surface area (Å²) in [6, 6.07) is 0. The van der Waals surface area contributed by atoms with E-state index in [1.807, 2.05) is 13.8 Å². The third-order valence-electron chi connectivity index (χ3n) is 3.93. The van der Waals surface area contributed by atoms with Gasteiger partial charge in [0.25, 0.3) is 0 Å². The van der Waals surface area contributed by atoms with Gasteiger partial charge in [0.05, 0.1) is 13.2 Å². The van der Waals surface area contributed by atoms with Crippen molar-refractivity contribution in [2.75, 3.05) is 19.8 Å². The molecule has 0 aliphatic carbocycles. The first kappa shape index (κ1) is 23.7. The van der Waals surface area contributed by atoms with Crippen LogP contribution in [0.2, 0.25) is 0 Å². The molecular weight excluding hydrogens is 364 g/mol. The van der Waals surface area contributed by atoms with Crippen LogP contribution in [0.3, 0.4) is 0 Å². The Kier molecular flexibility index (Phi) is 10.7. The van der Waals surface area contributed by atoms with E-state index in [-0.39, 0.29) is 26.1 Å². The first-order valence-electron chi connectivity index (χ1n) is 9.11. The molecule has 6 atom stereocenters. The molecule has 0 aromatic carbocycles. The molecule has 158 valence electrons. The minimum absolute atomic E-state index is 0.180. The third-order valence-corrected chi connectivity index (χ3v) is 3.93. The lowest BCUT2D eigenvalue weighted by atomic mass is 9.99. The molecule has 4 N–H and O–H groups in total.